The van der Waals surface area contributed by atoms with Crippen molar-refractivity contribution >= 4 is 41.3 Å². The Balaban J connectivity index is 0.00000243. The van der Waals surface area contributed by atoms with E-state index in [9.17, 15) is 9.59 Å². The van der Waals surface area contributed by atoms with Gasteiger partial charge in [-0.3, -0.25) is 9.59 Å². The van der Waals surface area contributed by atoms with Crippen LogP contribution in [0, 0.1) is 12.8 Å². The number of carbonyl (C=O) groups is 2. The van der Waals surface area contributed by atoms with E-state index in [2.05, 4.69) is 10.6 Å². The third-order valence-electron chi connectivity index (χ3n) is 3.96. The van der Waals surface area contributed by atoms with Crippen LogP contribution in [0.5, 0.6) is 5.75 Å². The maximum Gasteiger partial charge on any atom is 0.262 e. The van der Waals surface area contributed by atoms with Crippen molar-refractivity contribution in [2.75, 3.05) is 23.0 Å². The summed E-state index contributed by atoms with van der Waals surface area (Å²) in [5.41, 5.74) is 8.57. The van der Waals surface area contributed by atoms with Gasteiger partial charge in [0.1, 0.15) is 5.75 Å². The van der Waals surface area contributed by atoms with Crippen LogP contribution in [-0.2, 0) is 9.59 Å². The quantitative estimate of drug-likeness (QED) is 0.675. The summed E-state index contributed by atoms with van der Waals surface area (Å²) in [6, 6.07) is 12.4. The van der Waals surface area contributed by atoms with Gasteiger partial charge in [-0.1, -0.05) is 12.1 Å². The number of amides is 2. The summed E-state index contributed by atoms with van der Waals surface area (Å²) in [4.78, 5) is 23.9. The summed E-state index contributed by atoms with van der Waals surface area (Å²) >= 11 is 0. The van der Waals surface area contributed by atoms with E-state index in [4.69, 9.17) is 10.5 Å². The highest BCUT2D eigenvalue weighted by Gasteiger charge is 2.29. The fourth-order valence-electron chi connectivity index (χ4n) is 2.36. The Morgan fingerprint density at radius 1 is 1.15 bits per heavy atom. The number of benzene rings is 2. The zero-order valence-corrected chi connectivity index (χ0v) is 15.3. The van der Waals surface area contributed by atoms with E-state index in [1.54, 1.807) is 36.4 Å². The summed E-state index contributed by atoms with van der Waals surface area (Å²) < 4.78 is 5.51. The Labute approximate surface area is 158 Å². The maximum atomic E-state index is 12.1. The fraction of sp³-hybridized carbons (Fsp3) is 0.263. The number of carbonyl (C=O) groups excluding carboxylic acids is 2. The highest BCUT2D eigenvalue weighted by molar-refractivity contribution is 5.94. The maximum absolute atomic E-state index is 12.1. The Morgan fingerprint density at radius 3 is 2.65 bits per heavy atom. The van der Waals surface area contributed by atoms with Gasteiger partial charge in [-0.2, -0.15) is 0 Å². The number of hydrogen-bond donors (Lipinski definition) is 3. The van der Waals surface area contributed by atoms with Crippen molar-refractivity contribution in [3.63, 3.8) is 0 Å². The van der Waals surface area contributed by atoms with Crippen molar-refractivity contribution in [2.45, 2.75) is 19.8 Å². The van der Waals surface area contributed by atoms with Gasteiger partial charge in [-0.25, -0.2) is 0 Å². The summed E-state index contributed by atoms with van der Waals surface area (Å²) in [5, 5.41) is 5.63. The van der Waals surface area contributed by atoms with Gasteiger partial charge in [0.05, 0.1) is 0 Å². The Kier molecular flexibility index (Phi) is 6.46. The van der Waals surface area contributed by atoms with Crippen molar-refractivity contribution in [3.05, 3.63) is 48.0 Å². The van der Waals surface area contributed by atoms with Gasteiger partial charge in [0.15, 0.2) is 6.61 Å². The first-order valence-corrected chi connectivity index (χ1v) is 8.21. The molecular weight excluding hydrogens is 354 g/mol. The monoisotopic (exact) mass is 375 g/mol. The molecule has 2 aromatic rings. The van der Waals surface area contributed by atoms with Gasteiger partial charge in [-0.05, 0) is 49.6 Å². The molecule has 3 rings (SSSR count). The van der Waals surface area contributed by atoms with Crippen LogP contribution in [0.25, 0.3) is 0 Å². The summed E-state index contributed by atoms with van der Waals surface area (Å²) in [5.74, 6) is 0.415. The summed E-state index contributed by atoms with van der Waals surface area (Å²) in [6.45, 7) is 1.76. The number of halogens is 1. The van der Waals surface area contributed by atoms with Crippen molar-refractivity contribution < 1.29 is 14.3 Å². The first kappa shape index (κ1) is 19.6. The molecular formula is C19H22ClN3O3. The first-order valence-electron chi connectivity index (χ1n) is 8.21. The highest BCUT2D eigenvalue weighted by Crippen LogP contribution is 2.30. The lowest BCUT2D eigenvalue weighted by molar-refractivity contribution is -0.118. The zero-order chi connectivity index (χ0) is 17.8. The molecule has 4 N–H and O–H groups in total. The number of nitrogen functional groups attached to an aromatic ring is 1. The van der Waals surface area contributed by atoms with Gasteiger partial charge in [-0.15, -0.1) is 12.4 Å². The lowest BCUT2D eigenvalue weighted by atomic mass is 10.2. The Bertz CT molecular complexity index is 806. The number of nitrogens with one attached hydrogen (secondary N) is 2. The summed E-state index contributed by atoms with van der Waals surface area (Å²) in [7, 11) is 0. The Hall–Kier alpha value is -2.73. The average molecular weight is 376 g/mol. The van der Waals surface area contributed by atoms with Crippen molar-refractivity contribution in [1.82, 2.24) is 0 Å². The Morgan fingerprint density at radius 2 is 1.92 bits per heavy atom. The number of ether oxygens (including phenoxy) is 1. The topological polar surface area (TPSA) is 93.4 Å². The van der Waals surface area contributed by atoms with Crippen LogP contribution in [0.4, 0.5) is 17.1 Å². The number of rotatable bonds is 6. The SMILES string of the molecule is Cc1ccc(N)cc1NC(=O)COc1cccc(NC(=O)C2CC2)c1.Cl. The molecule has 7 heteroatoms. The van der Waals surface area contributed by atoms with Crippen LogP contribution < -0.4 is 21.1 Å². The van der Waals surface area contributed by atoms with E-state index in [0.29, 0.717) is 22.8 Å². The molecule has 2 amide bonds. The minimum Gasteiger partial charge on any atom is -0.484 e. The number of anilines is 3. The highest BCUT2D eigenvalue weighted by atomic mass is 35.5. The predicted molar refractivity (Wildman–Crippen MR) is 105 cm³/mol. The number of aryl methyl sites for hydroxylation is 1. The molecule has 0 atom stereocenters. The van der Waals surface area contributed by atoms with Crippen LogP contribution in [-0.4, -0.2) is 18.4 Å². The van der Waals surface area contributed by atoms with E-state index < -0.39 is 0 Å². The van der Waals surface area contributed by atoms with E-state index in [1.807, 2.05) is 13.0 Å². The largest absolute Gasteiger partial charge is 0.484 e. The fourth-order valence-corrected chi connectivity index (χ4v) is 2.36. The van der Waals surface area contributed by atoms with Crippen LogP contribution in [0.2, 0.25) is 0 Å². The molecule has 0 spiro atoms. The molecule has 0 saturated heterocycles. The third kappa shape index (κ3) is 5.39. The van der Waals surface area contributed by atoms with Crippen molar-refractivity contribution in [2.24, 2.45) is 5.92 Å². The van der Waals surface area contributed by atoms with E-state index in [-0.39, 0.29) is 36.7 Å². The van der Waals surface area contributed by atoms with Gasteiger partial charge < -0.3 is 21.1 Å². The van der Waals surface area contributed by atoms with Gasteiger partial charge in [0, 0.05) is 29.0 Å². The average Bonchev–Trinajstić information content (AvgIpc) is 3.42. The van der Waals surface area contributed by atoms with E-state index in [0.717, 1.165) is 18.4 Å². The lowest BCUT2D eigenvalue weighted by Crippen LogP contribution is -2.20. The molecule has 1 saturated carbocycles. The lowest BCUT2D eigenvalue weighted by Gasteiger charge is -2.11. The second-order valence-corrected chi connectivity index (χ2v) is 6.20. The van der Waals surface area contributed by atoms with Gasteiger partial charge in [0.25, 0.3) is 5.91 Å². The number of hydrogen-bond acceptors (Lipinski definition) is 4. The van der Waals surface area contributed by atoms with E-state index >= 15 is 0 Å². The smallest absolute Gasteiger partial charge is 0.262 e. The zero-order valence-electron chi connectivity index (χ0n) is 14.5. The first-order chi connectivity index (χ1) is 12.0. The van der Waals surface area contributed by atoms with Crippen molar-refractivity contribution in [1.29, 1.82) is 0 Å². The third-order valence-corrected chi connectivity index (χ3v) is 3.96. The molecule has 0 heterocycles. The normalized spacial score (nSPS) is 12.7. The van der Waals surface area contributed by atoms with Crippen LogP contribution in [0.1, 0.15) is 18.4 Å². The minimum absolute atomic E-state index is 0. The van der Waals surface area contributed by atoms with Gasteiger partial charge in [0.2, 0.25) is 5.91 Å². The molecule has 6 nitrogen and oxygen atoms in total. The molecule has 1 fully saturated rings. The second-order valence-electron chi connectivity index (χ2n) is 6.20. The molecule has 1 aliphatic carbocycles. The standard InChI is InChI=1S/C19H21N3O3.ClH/c1-12-5-8-14(20)9-17(12)22-18(23)11-25-16-4-2-3-15(10-16)21-19(24)13-6-7-13;/h2-5,8-10,13H,6-7,11,20H2,1H3,(H,21,24)(H,22,23);1H. The molecule has 0 unspecified atom stereocenters. The van der Waals surface area contributed by atoms with Crippen LogP contribution >= 0.6 is 12.4 Å². The molecule has 26 heavy (non-hydrogen) atoms. The van der Waals surface area contributed by atoms with Gasteiger partial charge >= 0.3 is 0 Å². The summed E-state index contributed by atoms with van der Waals surface area (Å²) in [6.07, 6.45) is 1.90. The second kappa shape index (κ2) is 8.58. The van der Waals surface area contributed by atoms with E-state index in [1.165, 1.54) is 0 Å². The molecule has 0 bridgehead atoms. The molecule has 0 aromatic heterocycles. The van der Waals surface area contributed by atoms with Crippen molar-refractivity contribution in [3.8, 4) is 5.75 Å². The molecule has 0 radical (unpaired) electrons. The molecule has 1 aliphatic rings. The molecule has 138 valence electrons. The van der Waals surface area contributed by atoms with Crippen LogP contribution in [0.3, 0.4) is 0 Å². The molecule has 0 aliphatic heterocycles. The molecule has 2 aromatic carbocycles. The predicted octanol–water partition coefficient (Wildman–Crippen LogP) is 3.37. The minimum atomic E-state index is -0.277. The van der Waals surface area contributed by atoms with Crippen LogP contribution in [0.15, 0.2) is 42.5 Å². The number of nitrogens with two attached hydrogens (primary N) is 1.